The third-order valence-corrected chi connectivity index (χ3v) is 4.33. The molecular formula is C17H18N2O3S. The molecule has 0 aliphatic rings. The first-order valence-electron chi connectivity index (χ1n) is 7.15. The standard InChI is InChI=1S/C17H18N2O3S/c1-11-8-12(2)10-14(9-11)18-17(20)13(3)23-16-6-4-15(5-7-16)19(21)22/h4-10,13H,1-3H3,(H,18,20)/t13-/m0/s1. The van der Waals surface area contributed by atoms with Crippen LogP contribution in [-0.2, 0) is 4.79 Å². The maximum absolute atomic E-state index is 12.3. The number of thioether (sulfide) groups is 1. The van der Waals surface area contributed by atoms with Crippen LogP contribution in [0.1, 0.15) is 18.1 Å². The molecule has 23 heavy (non-hydrogen) atoms. The first kappa shape index (κ1) is 17.0. The predicted octanol–water partition coefficient (Wildman–Crippen LogP) is 4.33. The minimum absolute atomic E-state index is 0.0432. The van der Waals surface area contributed by atoms with E-state index in [1.807, 2.05) is 39.0 Å². The van der Waals surface area contributed by atoms with Gasteiger partial charge in [0, 0.05) is 22.7 Å². The number of aryl methyl sites for hydroxylation is 2. The highest BCUT2D eigenvalue weighted by atomic mass is 32.2. The highest BCUT2D eigenvalue weighted by Crippen LogP contribution is 2.26. The molecule has 2 aromatic rings. The van der Waals surface area contributed by atoms with E-state index in [0.717, 1.165) is 21.7 Å². The van der Waals surface area contributed by atoms with Crippen molar-refractivity contribution >= 4 is 29.0 Å². The van der Waals surface area contributed by atoms with Gasteiger partial charge in [-0.2, -0.15) is 0 Å². The van der Waals surface area contributed by atoms with Crippen molar-refractivity contribution in [1.29, 1.82) is 0 Å². The van der Waals surface area contributed by atoms with Crippen LogP contribution in [0.25, 0.3) is 0 Å². The summed E-state index contributed by atoms with van der Waals surface area (Å²) >= 11 is 1.37. The predicted molar refractivity (Wildman–Crippen MR) is 93.0 cm³/mol. The van der Waals surface area contributed by atoms with Crippen molar-refractivity contribution in [2.24, 2.45) is 0 Å². The average molecular weight is 330 g/mol. The number of amides is 1. The molecule has 1 atom stereocenters. The Bertz CT molecular complexity index is 709. The highest BCUT2D eigenvalue weighted by molar-refractivity contribution is 8.00. The monoisotopic (exact) mass is 330 g/mol. The lowest BCUT2D eigenvalue weighted by Crippen LogP contribution is -2.22. The Labute approximate surface area is 139 Å². The molecule has 0 unspecified atom stereocenters. The molecule has 0 bridgehead atoms. The van der Waals surface area contributed by atoms with E-state index in [4.69, 9.17) is 0 Å². The lowest BCUT2D eigenvalue weighted by molar-refractivity contribution is -0.384. The van der Waals surface area contributed by atoms with Crippen LogP contribution < -0.4 is 5.32 Å². The molecule has 0 heterocycles. The quantitative estimate of drug-likeness (QED) is 0.503. The topological polar surface area (TPSA) is 72.2 Å². The fourth-order valence-corrected chi connectivity index (χ4v) is 3.06. The second kappa shape index (κ2) is 7.28. The maximum atomic E-state index is 12.3. The molecular weight excluding hydrogens is 312 g/mol. The van der Waals surface area contributed by atoms with Crippen LogP contribution in [0.15, 0.2) is 47.4 Å². The van der Waals surface area contributed by atoms with Gasteiger partial charge in [-0.05, 0) is 56.2 Å². The van der Waals surface area contributed by atoms with Crippen LogP contribution in [0.5, 0.6) is 0 Å². The number of nitrogens with one attached hydrogen (secondary N) is 1. The molecule has 5 nitrogen and oxygen atoms in total. The van der Waals surface area contributed by atoms with Gasteiger partial charge in [0.25, 0.3) is 5.69 Å². The van der Waals surface area contributed by atoms with E-state index in [9.17, 15) is 14.9 Å². The van der Waals surface area contributed by atoms with E-state index >= 15 is 0 Å². The third-order valence-electron chi connectivity index (χ3n) is 3.22. The lowest BCUT2D eigenvalue weighted by atomic mass is 10.1. The summed E-state index contributed by atoms with van der Waals surface area (Å²) in [6, 6.07) is 12.1. The van der Waals surface area contributed by atoms with Crippen LogP contribution in [0.4, 0.5) is 11.4 Å². The third kappa shape index (κ3) is 4.82. The van der Waals surface area contributed by atoms with Crippen molar-refractivity contribution < 1.29 is 9.72 Å². The SMILES string of the molecule is Cc1cc(C)cc(NC(=O)[C@H](C)Sc2ccc([N+](=O)[O-])cc2)c1. The second-order valence-corrected chi connectivity index (χ2v) is 6.79. The molecule has 6 heteroatoms. The average Bonchev–Trinajstić information content (AvgIpc) is 2.46. The van der Waals surface area contributed by atoms with Crippen LogP contribution in [-0.4, -0.2) is 16.1 Å². The molecule has 0 radical (unpaired) electrons. The van der Waals surface area contributed by atoms with Crippen molar-refractivity contribution in [3.05, 3.63) is 63.7 Å². The molecule has 0 spiro atoms. The molecule has 0 saturated carbocycles. The number of carbonyl (C=O) groups excluding carboxylic acids is 1. The van der Waals surface area contributed by atoms with Crippen molar-refractivity contribution in [3.8, 4) is 0 Å². The summed E-state index contributed by atoms with van der Waals surface area (Å²) in [6.45, 7) is 5.78. The normalized spacial score (nSPS) is 11.8. The minimum Gasteiger partial charge on any atom is -0.325 e. The Morgan fingerprint density at radius 3 is 2.22 bits per heavy atom. The lowest BCUT2D eigenvalue weighted by Gasteiger charge is -2.13. The van der Waals surface area contributed by atoms with E-state index in [1.165, 1.54) is 23.9 Å². The number of anilines is 1. The Morgan fingerprint density at radius 1 is 1.13 bits per heavy atom. The van der Waals surface area contributed by atoms with E-state index in [-0.39, 0.29) is 16.8 Å². The largest absolute Gasteiger partial charge is 0.325 e. The van der Waals surface area contributed by atoms with Gasteiger partial charge in [0.05, 0.1) is 10.2 Å². The molecule has 0 fully saturated rings. The Kier molecular flexibility index (Phi) is 5.39. The minimum atomic E-state index is -0.440. The van der Waals surface area contributed by atoms with Crippen molar-refractivity contribution in [2.45, 2.75) is 30.9 Å². The molecule has 2 aromatic carbocycles. The van der Waals surface area contributed by atoms with Crippen molar-refractivity contribution in [3.63, 3.8) is 0 Å². The maximum Gasteiger partial charge on any atom is 0.269 e. The number of carbonyl (C=O) groups is 1. The van der Waals surface area contributed by atoms with E-state index in [2.05, 4.69) is 5.32 Å². The summed E-state index contributed by atoms with van der Waals surface area (Å²) in [6.07, 6.45) is 0. The zero-order chi connectivity index (χ0) is 17.0. The molecule has 1 amide bonds. The summed E-state index contributed by atoms with van der Waals surface area (Å²) in [5.74, 6) is -0.0987. The first-order chi connectivity index (χ1) is 10.8. The number of rotatable bonds is 5. The van der Waals surface area contributed by atoms with Crippen molar-refractivity contribution in [1.82, 2.24) is 0 Å². The first-order valence-corrected chi connectivity index (χ1v) is 8.03. The molecule has 120 valence electrons. The second-order valence-electron chi connectivity index (χ2n) is 5.38. The number of nitro groups is 1. The van der Waals surface area contributed by atoms with Gasteiger partial charge < -0.3 is 5.32 Å². The van der Waals surface area contributed by atoms with Crippen LogP contribution in [0.3, 0.4) is 0 Å². The Morgan fingerprint density at radius 2 is 1.70 bits per heavy atom. The number of non-ortho nitro benzene ring substituents is 1. The number of hydrogen-bond acceptors (Lipinski definition) is 4. The number of hydrogen-bond donors (Lipinski definition) is 1. The van der Waals surface area contributed by atoms with E-state index < -0.39 is 4.92 Å². The summed E-state index contributed by atoms with van der Waals surface area (Å²) < 4.78 is 0. The van der Waals surface area contributed by atoms with Gasteiger partial charge in [-0.15, -0.1) is 11.8 Å². The molecule has 2 rings (SSSR count). The fraction of sp³-hybridized carbons (Fsp3) is 0.235. The smallest absolute Gasteiger partial charge is 0.269 e. The van der Waals surface area contributed by atoms with Crippen LogP contribution in [0.2, 0.25) is 0 Å². The van der Waals surface area contributed by atoms with Gasteiger partial charge in [-0.3, -0.25) is 14.9 Å². The van der Waals surface area contributed by atoms with E-state index in [0.29, 0.717) is 0 Å². The molecule has 0 aliphatic heterocycles. The van der Waals surface area contributed by atoms with Gasteiger partial charge in [0.2, 0.25) is 5.91 Å². The number of nitrogens with zero attached hydrogens (tertiary/aromatic N) is 1. The van der Waals surface area contributed by atoms with Crippen molar-refractivity contribution in [2.75, 3.05) is 5.32 Å². The Hall–Kier alpha value is -2.34. The zero-order valence-corrected chi connectivity index (χ0v) is 14.0. The highest BCUT2D eigenvalue weighted by Gasteiger charge is 2.15. The van der Waals surface area contributed by atoms with Gasteiger partial charge in [0.15, 0.2) is 0 Å². The summed E-state index contributed by atoms with van der Waals surface area (Å²) in [7, 11) is 0. The van der Waals surface area contributed by atoms with Gasteiger partial charge in [-0.25, -0.2) is 0 Å². The van der Waals surface area contributed by atoms with Crippen LogP contribution >= 0.6 is 11.8 Å². The molecule has 0 aliphatic carbocycles. The van der Waals surface area contributed by atoms with E-state index in [1.54, 1.807) is 12.1 Å². The molecule has 0 saturated heterocycles. The summed E-state index contributed by atoms with van der Waals surface area (Å²) in [5.41, 5.74) is 3.01. The van der Waals surface area contributed by atoms with Gasteiger partial charge in [-0.1, -0.05) is 6.07 Å². The number of nitro benzene ring substituents is 1. The van der Waals surface area contributed by atoms with Crippen LogP contribution in [0, 0.1) is 24.0 Å². The summed E-state index contributed by atoms with van der Waals surface area (Å²) in [5, 5.41) is 13.2. The van der Waals surface area contributed by atoms with Gasteiger partial charge >= 0.3 is 0 Å². The fourth-order valence-electron chi connectivity index (χ4n) is 2.19. The number of benzene rings is 2. The zero-order valence-electron chi connectivity index (χ0n) is 13.2. The molecule has 1 N–H and O–H groups in total. The summed E-state index contributed by atoms with van der Waals surface area (Å²) in [4.78, 5) is 23.3. The van der Waals surface area contributed by atoms with Gasteiger partial charge in [0.1, 0.15) is 0 Å². The molecule has 0 aromatic heterocycles. The Balaban J connectivity index is 2.00.